The quantitative estimate of drug-likeness (QED) is 0.828. The van der Waals surface area contributed by atoms with E-state index in [9.17, 15) is 23.1 Å². The first-order chi connectivity index (χ1) is 9.85. The van der Waals surface area contributed by atoms with Gasteiger partial charge in [-0.15, -0.1) is 0 Å². The maximum absolute atomic E-state index is 12.4. The number of amides is 1. The highest BCUT2D eigenvalue weighted by atomic mass is 19.4. The smallest absolute Gasteiger partial charge is 0.393 e. The fourth-order valence-electron chi connectivity index (χ4n) is 3.30. The van der Waals surface area contributed by atoms with Gasteiger partial charge in [-0.1, -0.05) is 6.42 Å². The molecule has 1 heterocycles. The van der Waals surface area contributed by atoms with Gasteiger partial charge in [0.2, 0.25) is 5.91 Å². The second kappa shape index (κ2) is 6.96. The number of rotatable bonds is 4. The standard InChI is InChI=1S/C14H23F3N2O2/c15-14(16,17)9-19-6-2-4-11(8-19)13(21)18-7-10-3-1-5-12(10)20/h10-12,20H,1-9H2,(H,18,21). The lowest BCUT2D eigenvalue weighted by atomic mass is 9.96. The van der Waals surface area contributed by atoms with Gasteiger partial charge >= 0.3 is 6.18 Å². The number of nitrogens with zero attached hydrogens (tertiary/aromatic N) is 1. The first-order valence-corrected chi connectivity index (χ1v) is 7.60. The van der Waals surface area contributed by atoms with E-state index < -0.39 is 12.7 Å². The molecule has 1 amide bonds. The number of nitrogens with one attached hydrogen (secondary N) is 1. The lowest BCUT2D eigenvalue weighted by molar-refractivity contribution is -0.152. The molecule has 4 nitrogen and oxygen atoms in total. The summed E-state index contributed by atoms with van der Waals surface area (Å²) in [6.45, 7) is 0.0388. The zero-order valence-corrected chi connectivity index (χ0v) is 12.0. The summed E-state index contributed by atoms with van der Waals surface area (Å²) in [5, 5.41) is 12.5. The van der Waals surface area contributed by atoms with Gasteiger partial charge in [0.05, 0.1) is 18.6 Å². The Balaban J connectivity index is 1.76. The molecule has 0 radical (unpaired) electrons. The Morgan fingerprint density at radius 3 is 2.62 bits per heavy atom. The first-order valence-electron chi connectivity index (χ1n) is 7.60. The van der Waals surface area contributed by atoms with E-state index in [-0.39, 0.29) is 30.4 Å². The molecule has 0 spiro atoms. The Bertz CT molecular complexity index is 363. The van der Waals surface area contributed by atoms with Gasteiger partial charge < -0.3 is 10.4 Å². The number of carbonyl (C=O) groups excluding carboxylic acids is 1. The van der Waals surface area contributed by atoms with Crippen molar-refractivity contribution in [2.75, 3.05) is 26.2 Å². The van der Waals surface area contributed by atoms with Gasteiger partial charge in [-0.05, 0) is 32.2 Å². The molecular weight excluding hydrogens is 285 g/mol. The number of halogens is 3. The lowest BCUT2D eigenvalue weighted by Gasteiger charge is -2.32. The number of aliphatic hydroxyl groups is 1. The molecule has 1 saturated carbocycles. The van der Waals surface area contributed by atoms with Crippen LogP contribution in [0, 0.1) is 11.8 Å². The van der Waals surface area contributed by atoms with Crippen LogP contribution in [0.5, 0.6) is 0 Å². The average Bonchev–Trinajstić information content (AvgIpc) is 2.80. The van der Waals surface area contributed by atoms with E-state index >= 15 is 0 Å². The Morgan fingerprint density at radius 1 is 1.24 bits per heavy atom. The van der Waals surface area contributed by atoms with Gasteiger partial charge in [0.25, 0.3) is 0 Å². The summed E-state index contributed by atoms with van der Waals surface area (Å²) in [5.41, 5.74) is 0. The van der Waals surface area contributed by atoms with Gasteiger partial charge in [0, 0.05) is 19.0 Å². The van der Waals surface area contributed by atoms with Crippen LogP contribution in [0.1, 0.15) is 32.1 Å². The predicted molar refractivity (Wildman–Crippen MR) is 71.6 cm³/mol. The van der Waals surface area contributed by atoms with Gasteiger partial charge in [-0.25, -0.2) is 0 Å². The summed E-state index contributed by atoms with van der Waals surface area (Å²) in [4.78, 5) is 13.4. The Labute approximate surface area is 122 Å². The summed E-state index contributed by atoms with van der Waals surface area (Å²) in [5.74, 6) is -0.468. The van der Waals surface area contributed by atoms with Crippen LogP contribution in [0.3, 0.4) is 0 Å². The van der Waals surface area contributed by atoms with Crippen LogP contribution in [-0.2, 0) is 4.79 Å². The highest BCUT2D eigenvalue weighted by Crippen LogP contribution is 2.25. The third kappa shape index (κ3) is 5.14. The van der Waals surface area contributed by atoms with Gasteiger partial charge in [0.1, 0.15) is 0 Å². The van der Waals surface area contributed by atoms with E-state index in [0.717, 1.165) is 19.3 Å². The number of likely N-dealkylation sites (tertiary alicyclic amines) is 1. The van der Waals surface area contributed by atoms with E-state index in [1.54, 1.807) is 0 Å². The molecule has 122 valence electrons. The van der Waals surface area contributed by atoms with Crippen LogP contribution in [0.15, 0.2) is 0 Å². The van der Waals surface area contributed by atoms with Crippen LogP contribution >= 0.6 is 0 Å². The zero-order chi connectivity index (χ0) is 15.5. The van der Waals surface area contributed by atoms with Gasteiger partial charge in [0.15, 0.2) is 0 Å². The third-order valence-corrected chi connectivity index (χ3v) is 4.44. The van der Waals surface area contributed by atoms with Crippen molar-refractivity contribution in [3.05, 3.63) is 0 Å². The SMILES string of the molecule is O=C(NCC1CCCC1O)C1CCCN(CC(F)(F)F)C1. The molecule has 2 rings (SSSR count). The van der Waals surface area contributed by atoms with Crippen molar-refractivity contribution < 1.29 is 23.1 Å². The molecule has 2 fully saturated rings. The van der Waals surface area contributed by atoms with E-state index in [1.807, 2.05) is 0 Å². The minimum absolute atomic E-state index is 0.0869. The molecule has 3 atom stereocenters. The highest BCUT2D eigenvalue weighted by Gasteiger charge is 2.35. The second-order valence-corrected chi connectivity index (χ2v) is 6.19. The molecular formula is C14H23F3N2O2. The van der Waals surface area contributed by atoms with Gasteiger partial charge in [-0.2, -0.15) is 13.2 Å². The minimum Gasteiger partial charge on any atom is -0.393 e. The maximum Gasteiger partial charge on any atom is 0.401 e. The third-order valence-electron chi connectivity index (χ3n) is 4.44. The molecule has 1 aliphatic carbocycles. The Morgan fingerprint density at radius 2 is 2.00 bits per heavy atom. The molecule has 1 saturated heterocycles. The lowest BCUT2D eigenvalue weighted by Crippen LogP contribution is -2.47. The molecule has 7 heteroatoms. The van der Waals surface area contributed by atoms with Crippen LogP contribution in [0.25, 0.3) is 0 Å². The van der Waals surface area contributed by atoms with E-state index in [2.05, 4.69) is 5.32 Å². The van der Waals surface area contributed by atoms with Crippen molar-refractivity contribution in [3.63, 3.8) is 0 Å². The van der Waals surface area contributed by atoms with Crippen molar-refractivity contribution in [1.82, 2.24) is 10.2 Å². The Hall–Kier alpha value is -0.820. The number of hydrogen-bond acceptors (Lipinski definition) is 3. The van der Waals surface area contributed by atoms with E-state index in [0.29, 0.717) is 25.9 Å². The van der Waals surface area contributed by atoms with Crippen molar-refractivity contribution in [2.24, 2.45) is 11.8 Å². The molecule has 0 aromatic heterocycles. The van der Waals surface area contributed by atoms with Gasteiger partial charge in [-0.3, -0.25) is 9.69 Å². The number of piperidine rings is 1. The molecule has 2 aliphatic rings. The van der Waals surface area contributed by atoms with E-state index in [1.165, 1.54) is 4.90 Å². The van der Waals surface area contributed by atoms with Crippen molar-refractivity contribution in [2.45, 2.75) is 44.4 Å². The van der Waals surface area contributed by atoms with Crippen molar-refractivity contribution >= 4 is 5.91 Å². The number of alkyl halides is 3. The predicted octanol–water partition coefficient (Wildman–Crippen LogP) is 1.54. The zero-order valence-electron chi connectivity index (χ0n) is 12.0. The molecule has 0 aromatic rings. The largest absolute Gasteiger partial charge is 0.401 e. The molecule has 3 unspecified atom stereocenters. The number of hydrogen-bond donors (Lipinski definition) is 2. The summed E-state index contributed by atoms with van der Waals surface area (Å²) in [6.07, 6.45) is -0.710. The highest BCUT2D eigenvalue weighted by molar-refractivity contribution is 5.78. The second-order valence-electron chi connectivity index (χ2n) is 6.19. The fourth-order valence-corrected chi connectivity index (χ4v) is 3.30. The summed E-state index contributed by atoms with van der Waals surface area (Å²) in [7, 11) is 0. The first kappa shape index (κ1) is 16.5. The monoisotopic (exact) mass is 308 g/mol. The van der Waals surface area contributed by atoms with Crippen LogP contribution in [0.2, 0.25) is 0 Å². The maximum atomic E-state index is 12.4. The van der Waals surface area contributed by atoms with Crippen LogP contribution < -0.4 is 5.32 Å². The summed E-state index contributed by atoms with van der Waals surface area (Å²) < 4.78 is 37.2. The number of carbonyl (C=O) groups is 1. The van der Waals surface area contributed by atoms with Crippen LogP contribution in [0.4, 0.5) is 13.2 Å². The Kier molecular flexibility index (Phi) is 5.48. The van der Waals surface area contributed by atoms with E-state index in [4.69, 9.17) is 0 Å². The molecule has 0 aromatic carbocycles. The van der Waals surface area contributed by atoms with Crippen LogP contribution in [-0.4, -0.2) is 54.4 Å². The summed E-state index contributed by atoms with van der Waals surface area (Å²) >= 11 is 0. The topological polar surface area (TPSA) is 52.6 Å². The summed E-state index contributed by atoms with van der Waals surface area (Å²) in [6, 6.07) is 0. The average molecular weight is 308 g/mol. The normalized spacial score (nSPS) is 31.3. The number of aliphatic hydroxyl groups excluding tert-OH is 1. The molecule has 21 heavy (non-hydrogen) atoms. The van der Waals surface area contributed by atoms with Crippen molar-refractivity contribution in [1.29, 1.82) is 0 Å². The molecule has 2 N–H and O–H groups in total. The fraction of sp³-hybridized carbons (Fsp3) is 0.929. The molecule has 0 bridgehead atoms. The minimum atomic E-state index is -4.22. The van der Waals surface area contributed by atoms with Crippen molar-refractivity contribution in [3.8, 4) is 0 Å². The molecule has 1 aliphatic heterocycles.